The third kappa shape index (κ3) is 9.08. The van der Waals surface area contributed by atoms with Crippen LogP contribution < -0.4 is 19.9 Å². The lowest BCUT2D eigenvalue weighted by Crippen LogP contribution is -2.49. The fourth-order valence-electron chi connectivity index (χ4n) is 9.58. The van der Waals surface area contributed by atoms with Crippen LogP contribution in [-0.4, -0.2) is 91.0 Å². The molecule has 4 N–H and O–H groups in total. The number of carbonyl (C=O) groups excluding carboxylic acids is 3. The Labute approximate surface area is 367 Å². The van der Waals surface area contributed by atoms with Crippen molar-refractivity contribution in [3.63, 3.8) is 0 Å². The second kappa shape index (κ2) is 18.9. The summed E-state index contributed by atoms with van der Waals surface area (Å²) in [4.78, 5) is 60.2. The molecule has 1 spiro atoms. The van der Waals surface area contributed by atoms with Crippen molar-refractivity contribution in [2.75, 3.05) is 42.7 Å². The lowest BCUT2D eigenvalue weighted by Gasteiger charge is -2.35. The molecule has 5 atom stereocenters. The Hall–Kier alpha value is -4.41. The lowest BCUT2D eigenvalue weighted by atomic mass is 9.82. The summed E-state index contributed by atoms with van der Waals surface area (Å²) in [6.07, 6.45) is 1.11. The highest BCUT2D eigenvalue weighted by Gasteiger charge is 2.66. The first kappa shape index (κ1) is 44.6. The number of hydrogen-bond donors (Lipinski definition) is 4. The van der Waals surface area contributed by atoms with Crippen LogP contribution in [0.3, 0.4) is 0 Å². The van der Waals surface area contributed by atoms with Gasteiger partial charge in [-0.15, -0.1) is 0 Å². The number of rotatable bonds is 17. The Kier molecular flexibility index (Phi) is 13.8. The fraction of sp³-hybridized carbons (Fsp3) is 0.426. The van der Waals surface area contributed by atoms with Crippen LogP contribution in [0.5, 0.6) is 5.75 Å². The molecule has 1 saturated heterocycles. The third-order valence-electron chi connectivity index (χ3n) is 12.3. The zero-order valence-electron chi connectivity index (χ0n) is 35.4. The van der Waals surface area contributed by atoms with Gasteiger partial charge in [0.25, 0.3) is 5.91 Å². The van der Waals surface area contributed by atoms with Gasteiger partial charge in [-0.05, 0) is 111 Å². The molecule has 14 heteroatoms. The summed E-state index contributed by atoms with van der Waals surface area (Å²) in [5.41, 5.74) is 3.70. The molecule has 12 nitrogen and oxygen atoms in total. The molecule has 61 heavy (non-hydrogen) atoms. The maximum Gasteiger partial charge on any atom is 0.264 e. The van der Waals surface area contributed by atoms with Crippen molar-refractivity contribution in [2.24, 2.45) is 5.92 Å². The number of anilines is 3. The zero-order chi connectivity index (χ0) is 43.5. The molecule has 0 saturated carbocycles. The van der Waals surface area contributed by atoms with Gasteiger partial charge in [-0.2, -0.15) is 0 Å². The zero-order valence-corrected chi connectivity index (χ0v) is 37.9. The molecule has 0 bridgehead atoms. The van der Waals surface area contributed by atoms with E-state index in [9.17, 15) is 24.6 Å². The summed E-state index contributed by atoms with van der Waals surface area (Å²) in [6.45, 7) is 9.27. The van der Waals surface area contributed by atoms with E-state index in [1.54, 1.807) is 14.7 Å². The average Bonchev–Trinajstić information content (AvgIpc) is 3.65. The number of ether oxygens (including phenoxy) is 2. The molecule has 4 aromatic carbocycles. The quantitative estimate of drug-likeness (QED) is 0.0683. The number of aliphatic hydroxyl groups excluding tert-OH is 2. The van der Waals surface area contributed by atoms with Gasteiger partial charge in [0, 0.05) is 46.9 Å². The summed E-state index contributed by atoms with van der Waals surface area (Å²) >= 11 is 3.63. The minimum atomic E-state index is -3.06. The topological polar surface area (TPSA) is 152 Å². The standard InChI is InChI=1S/C47H57BrN4O8Si/c1-5-59-37-18-20-40-34(25-37)26-39(49-21-9-10-23-53)45(56)52(40)36-16-13-33(14-17-36)30-51-41-19-15-35(48)27-38(41)47(46(51)57)31(2)44(61(3,4)58)42(60-47)28-43(55)50(22-24-54)29-32-11-7-6-8-12-32/h6-8,11-20,25,27,31,39,42,44,49,53-54,58H,5,9-10,21-24,26,28-30H2,1-4H3/t31-,39?,42+,44-,47+/m1/s1. The number of amides is 3. The molecule has 0 aromatic heterocycles. The lowest BCUT2D eigenvalue weighted by molar-refractivity contribution is -0.150. The van der Waals surface area contributed by atoms with Gasteiger partial charge in [0.2, 0.25) is 11.8 Å². The van der Waals surface area contributed by atoms with Crippen LogP contribution in [-0.2, 0) is 44.2 Å². The van der Waals surface area contributed by atoms with Crippen LogP contribution in [0.1, 0.15) is 55.4 Å². The molecule has 3 aliphatic heterocycles. The minimum absolute atomic E-state index is 0.0526. The maximum atomic E-state index is 15.1. The highest BCUT2D eigenvalue weighted by Crippen LogP contribution is 2.60. The second-order valence-corrected chi connectivity index (χ2v) is 21.7. The van der Waals surface area contributed by atoms with E-state index < -0.39 is 37.5 Å². The van der Waals surface area contributed by atoms with E-state index >= 15 is 4.79 Å². The molecule has 3 aliphatic rings. The van der Waals surface area contributed by atoms with Gasteiger partial charge >= 0.3 is 0 Å². The summed E-state index contributed by atoms with van der Waals surface area (Å²) in [7, 11) is -3.06. The molecule has 1 unspecified atom stereocenters. The van der Waals surface area contributed by atoms with Crippen molar-refractivity contribution < 1.29 is 38.9 Å². The van der Waals surface area contributed by atoms with E-state index in [-0.39, 0.29) is 50.4 Å². The van der Waals surface area contributed by atoms with Gasteiger partial charge in [0.1, 0.15) is 5.75 Å². The number of fused-ring (bicyclic) bond motifs is 3. The Morgan fingerprint density at radius 2 is 1.70 bits per heavy atom. The molecular formula is C47H57BrN4O8Si. The van der Waals surface area contributed by atoms with E-state index in [4.69, 9.17) is 9.47 Å². The molecule has 3 heterocycles. The Morgan fingerprint density at radius 1 is 0.967 bits per heavy atom. The predicted octanol–water partition coefficient (Wildman–Crippen LogP) is 6.56. The van der Waals surface area contributed by atoms with Crippen LogP contribution in [0.15, 0.2) is 95.5 Å². The first-order chi connectivity index (χ1) is 29.3. The van der Waals surface area contributed by atoms with Gasteiger partial charge in [-0.1, -0.05) is 65.3 Å². The van der Waals surface area contributed by atoms with Gasteiger partial charge < -0.3 is 39.6 Å². The van der Waals surface area contributed by atoms with Crippen molar-refractivity contribution in [1.29, 1.82) is 0 Å². The number of nitrogens with zero attached hydrogens (tertiary/aromatic N) is 3. The molecular weight excluding hydrogens is 857 g/mol. The van der Waals surface area contributed by atoms with Crippen LogP contribution in [0.2, 0.25) is 18.6 Å². The average molecular weight is 914 g/mol. The van der Waals surface area contributed by atoms with E-state index in [0.717, 1.165) is 39.0 Å². The summed E-state index contributed by atoms with van der Waals surface area (Å²) in [6, 6.07) is 28.3. The van der Waals surface area contributed by atoms with Gasteiger partial charge in [-0.25, -0.2) is 0 Å². The number of unbranched alkanes of at least 4 members (excludes halogenated alkanes) is 1. The number of halogens is 1. The summed E-state index contributed by atoms with van der Waals surface area (Å²) in [5.74, 6) is -0.280. The number of aliphatic hydroxyl groups is 2. The van der Waals surface area contributed by atoms with Crippen LogP contribution in [0.4, 0.5) is 17.1 Å². The Balaban J connectivity index is 1.16. The number of nitrogens with one attached hydrogen (secondary N) is 1. The number of carbonyl (C=O) groups is 3. The number of hydrogen-bond acceptors (Lipinski definition) is 9. The molecule has 4 aromatic rings. The van der Waals surface area contributed by atoms with E-state index in [1.165, 1.54) is 0 Å². The monoisotopic (exact) mass is 912 g/mol. The molecule has 0 radical (unpaired) electrons. The fourth-order valence-corrected chi connectivity index (χ4v) is 12.5. The number of benzene rings is 4. The molecule has 1 fully saturated rings. The largest absolute Gasteiger partial charge is 0.494 e. The molecule has 3 amide bonds. The Morgan fingerprint density at radius 3 is 2.39 bits per heavy atom. The van der Waals surface area contributed by atoms with Crippen LogP contribution in [0.25, 0.3) is 0 Å². The van der Waals surface area contributed by atoms with Crippen LogP contribution in [0, 0.1) is 5.92 Å². The Bertz CT molecular complexity index is 2210. The van der Waals surface area contributed by atoms with E-state index in [1.807, 2.05) is 118 Å². The van der Waals surface area contributed by atoms with Crippen LogP contribution >= 0.6 is 15.9 Å². The molecule has 0 aliphatic carbocycles. The van der Waals surface area contributed by atoms with E-state index in [2.05, 4.69) is 21.2 Å². The van der Waals surface area contributed by atoms with Crippen molar-refractivity contribution >= 4 is 59.0 Å². The molecule has 7 rings (SSSR count). The van der Waals surface area contributed by atoms with Crippen molar-refractivity contribution in [2.45, 2.75) is 89.0 Å². The summed E-state index contributed by atoms with van der Waals surface area (Å²) < 4.78 is 13.5. The minimum Gasteiger partial charge on any atom is -0.494 e. The van der Waals surface area contributed by atoms with E-state index in [0.29, 0.717) is 49.5 Å². The second-order valence-electron chi connectivity index (χ2n) is 16.8. The normalized spacial score (nSPS) is 22.2. The highest BCUT2D eigenvalue weighted by molar-refractivity contribution is 9.10. The van der Waals surface area contributed by atoms with Gasteiger partial charge in [-0.3, -0.25) is 19.3 Å². The first-order valence-electron chi connectivity index (χ1n) is 21.3. The third-order valence-corrected chi connectivity index (χ3v) is 15.3. The first-order valence-corrected chi connectivity index (χ1v) is 25.1. The maximum absolute atomic E-state index is 15.1. The summed E-state index contributed by atoms with van der Waals surface area (Å²) in [5, 5.41) is 22.6. The van der Waals surface area contributed by atoms with Crippen molar-refractivity contribution in [3.05, 3.63) is 118 Å². The SMILES string of the molecule is CCOc1ccc2c(c1)CC(NCCCCO)C(=O)N2c1ccc(CN2C(=O)[C@@]3(O[C@@H](CC(=O)N(CCO)Cc4ccccc4)[C@H]([Si](C)(C)O)[C@H]3C)c3cc(Br)ccc32)cc1. The van der Waals surface area contributed by atoms with Crippen molar-refractivity contribution in [3.8, 4) is 5.75 Å². The smallest absolute Gasteiger partial charge is 0.264 e. The van der Waals surface area contributed by atoms with Gasteiger partial charge in [0.15, 0.2) is 13.9 Å². The predicted molar refractivity (Wildman–Crippen MR) is 241 cm³/mol. The molecule has 324 valence electrons. The van der Waals surface area contributed by atoms with Gasteiger partial charge in [0.05, 0.1) is 49.7 Å². The highest BCUT2D eigenvalue weighted by atomic mass is 79.9. The van der Waals surface area contributed by atoms with Crippen molar-refractivity contribution in [1.82, 2.24) is 10.2 Å².